The minimum atomic E-state index is 0.0226. The van der Waals surface area contributed by atoms with E-state index in [2.05, 4.69) is 38.0 Å². The summed E-state index contributed by atoms with van der Waals surface area (Å²) in [5.74, 6) is 0.730. The average molecular weight is 252 g/mol. The standard InChI is InChI=1S/C13H20N2OS/c1-5-8-6-9(8)15-11(16)10-7-14-12(17-10)13(2,3)4/h7-9H,5-6H2,1-4H3,(H,15,16)/t8-,9-/m1/s1. The zero-order valence-electron chi connectivity index (χ0n) is 10.9. The molecule has 0 saturated heterocycles. The summed E-state index contributed by atoms with van der Waals surface area (Å²) in [5.41, 5.74) is 0.0226. The monoisotopic (exact) mass is 252 g/mol. The van der Waals surface area contributed by atoms with Gasteiger partial charge in [0.15, 0.2) is 0 Å². The summed E-state index contributed by atoms with van der Waals surface area (Å²) in [6.07, 6.45) is 3.98. The summed E-state index contributed by atoms with van der Waals surface area (Å²) in [7, 11) is 0. The van der Waals surface area contributed by atoms with Gasteiger partial charge in [0.1, 0.15) is 4.88 Å². The third-order valence-corrected chi connectivity index (χ3v) is 4.56. The van der Waals surface area contributed by atoms with Crippen molar-refractivity contribution in [3.05, 3.63) is 16.1 Å². The average Bonchev–Trinajstić information content (AvgIpc) is 2.79. The minimum absolute atomic E-state index is 0.0226. The van der Waals surface area contributed by atoms with E-state index in [-0.39, 0.29) is 11.3 Å². The van der Waals surface area contributed by atoms with Crippen LogP contribution < -0.4 is 5.32 Å². The molecule has 17 heavy (non-hydrogen) atoms. The number of rotatable bonds is 3. The lowest BCUT2D eigenvalue weighted by molar-refractivity contribution is 0.0953. The number of aromatic nitrogens is 1. The molecule has 1 aliphatic rings. The van der Waals surface area contributed by atoms with Crippen molar-refractivity contribution < 1.29 is 4.79 Å². The maximum absolute atomic E-state index is 12.0. The lowest BCUT2D eigenvalue weighted by atomic mass is 9.98. The zero-order valence-corrected chi connectivity index (χ0v) is 11.7. The molecule has 1 amide bonds. The largest absolute Gasteiger partial charge is 0.348 e. The van der Waals surface area contributed by atoms with Crippen LogP contribution in [-0.2, 0) is 5.41 Å². The number of amides is 1. The molecule has 0 unspecified atom stereocenters. The van der Waals surface area contributed by atoms with Crippen molar-refractivity contribution in [2.75, 3.05) is 0 Å². The summed E-state index contributed by atoms with van der Waals surface area (Å²) < 4.78 is 0. The fourth-order valence-electron chi connectivity index (χ4n) is 1.84. The van der Waals surface area contributed by atoms with Crippen molar-refractivity contribution in [3.8, 4) is 0 Å². The van der Waals surface area contributed by atoms with E-state index in [0.29, 0.717) is 12.0 Å². The smallest absolute Gasteiger partial charge is 0.263 e. The summed E-state index contributed by atoms with van der Waals surface area (Å²) in [6.45, 7) is 8.51. The SMILES string of the molecule is CC[C@@H]1C[C@H]1NC(=O)c1cnc(C(C)(C)C)s1. The summed E-state index contributed by atoms with van der Waals surface area (Å²) in [4.78, 5) is 17.0. The van der Waals surface area contributed by atoms with E-state index >= 15 is 0 Å². The topological polar surface area (TPSA) is 42.0 Å². The minimum Gasteiger partial charge on any atom is -0.348 e. The van der Waals surface area contributed by atoms with Crippen LogP contribution in [0.5, 0.6) is 0 Å². The van der Waals surface area contributed by atoms with E-state index in [1.54, 1.807) is 6.20 Å². The van der Waals surface area contributed by atoms with Gasteiger partial charge < -0.3 is 5.32 Å². The Morgan fingerprint density at radius 1 is 1.59 bits per heavy atom. The molecule has 1 fully saturated rings. The highest BCUT2D eigenvalue weighted by Gasteiger charge is 2.36. The van der Waals surface area contributed by atoms with E-state index in [1.807, 2.05) is 0 Å². The van der Waals surface area contributed by atoms with Gasteiger partial charge in [0, 0.05) is 11.5 Å². The molecule has 3 nitrogen and oxygen atoms in total. The molecule has 1 N–H and O–H groups in total. The van der Waals surface area contributed by atoms with Crippen LogP contribution in [0.4, 0.5) is 0 Å². The molecular formula is C13H20N2OS. The first-order valence-electron chi connectivity index (χ1n) is 6.19. The van der Waals surface area contributed by atoms with Crippen LogP contribution in [-0.4, -0.2) is 16.9 Å². The van der Waals surface area contributed by atoms with Gasteiger partial charge in [-0.15, -0.1) is 11.3 Å². The number of carbonyl (C=O) groups is 1. The molecule has 0 spiro atoms. The van der Waals surface area contributed by atoms with Gasteiger partial charge in [0.25, 0.3) is 5.91 Å². The van der Waals surface area contributed by atoms with Crippen LogP contribution in [0.1, 0.15) is 55.2 Å². The number of nitrogens with one attached hydrogen (secondary N) is 1. The third kappa shape index (κ3) is 2.86. The molecule has 0 aliphatic heterocycles. The van der Waals surface area contributed by atoms with Crippen molar-refractivity contribution >= 4 is 17.2 Å². The second-order valence-electron chi connectivity index (χ2n) is 5.76. The quantitative estimate of drug-likeness (QED) is 0.898. The van der Waals surface area contributed by atoms with E-state index in [1.165, 1.54) is 11.3 Å². The Kier molecular flexibility index (Phi) is 3.25. The molecule has 1 aliphatic carbocycles. The van der Waals surface area contributed by atoms with E-state index in [9.17, 15) is 4.79 Å². The molecule has 1 aromatic rings. The Morgan fingerprint density at radius 3 is 2.76 bits per heavy atom. The lowest BCUT2D eigenvalue weighted by Crippen LogP contribution is -2.25. The highest BCUT2D eigenvalue weighted by atomic mass is 32.1. The van der Waals surface area contributed by atoms with Crippen LogP contribution in [0.25, 0.3) is 0 Å². The van der Waals surface area contributed by atoms with Crippen molar-refractivity contribution in [2.24, 2.45) is 5.92 Å². The van der Waals surface area contributed by atoms with Crippen molar-refractivity contribution in [3.63, 3.8) is 0 Å². The number of nitrogens with zero attached hydrogens (tertiary/aromatic N) is 1. The predicted octanol–water partition coefficient (Wildman–Crippen LogP) is 2.97. The summed E-state index contributed by atoms with van der Waals surface area (Å²) in [5, 5.41) is 4.09. The molecule has 0 aromatic carbocycles. The van der Waals surface area contributed by atoms with Crippen molar-refractivity contribution in [1.29, 1.82) is 0 Å². The lowest BCUT2D eigenvalue weighted by Gasteiger charge is -2.13. The molecule has 1 aromatic heterocycles. The van der Waals surface area contributed by atoms with Crippen LogP contribution in [0, 0.1) is 5.92 Å². The van der Waals surface area contributed by atoms with Gasteiger partial charge in [-0.05, 0) is 12.3 Å². The second kappa shape index (κ2) is 4.41. The maximum atomic E-state index is 12.0. The first-order chi connectivity index (χ1) is 7.91. The molecule has 0 bridgehead atoms. The van der Waals surface area contributed by atoms with Crippen LogP contribution in [0.15, 0.2) is 6.20 Å². The zero-order chi connectivity index (χ0) is 12.6. The molecule has 94 valence electrons. The maximum Gasteiger partial charge on any atom is 0.263 e. The van der Waals surface area contributed by atoms with Gasteiger partial charge in [-0.3, -0.25) is 4.79 Å². The molecular weight excluding hydrogens is 232 g/mol. The molecule has 4 heteroatoms. The van der Waals surface area contributed by atoms with E-state index < -0.39 is 0 Å². The highest BCUT2D eigenvalue weighted by molar-refractivity contribution is 7.13. The Balaban J connectivity index is 1.98. The number of hydrogen-bond donors (Lipinski definition) is 1. The van der Waals surface area contributed by atoms with E-state index in [4.69, 9.17) is 0 Å². The molecule has 2 rings (SSSR count). The van der Waals surface area contributed by atoms with Crippen LogP contribution >= 0.6 is 11.3 Å². The molecule has 1 saturated carbocycles. The third-order valence-electron chi connectivity index (χ3n) is 3.13. The Labute approximate surface area is 107 Å². The molecule has 0 radical (unpaired) electrons. The first kappa shape index (κ1) is 12.6. The number of carbonyl (C=O) groups excluding carboxylic acids is 1. The normalized spacial score (nSPS) is 23.5. The first-order valence-corrected chi connectivity index (χ1v) is 7.00. The fraction of sp³-hybridized carbons (Fsp3) is 0.692. The summed E-state index contributed by atoms with van der Waals surface area (Å²) >= 11 is 1.50. The number of hydrogen-bond acceptors (Lipinski definition) is 3. The van der Waals surface area contributed by atoms with Gasteiger partial charge in [0.2, 0.25) is 0 Å². The fourth-order valence-corrected chi connectivity index (χ4v) is 2.72. The van der Waals surface area contributed by atoms with Gasteiger partial charge in [-0.25, -0.2) is 4.98 Å². The van der Waals surface area contributed by atoms with Gasteiger partial charge in [-0.2, -0.15) is 0 Å². The highest BCUT2D eigenvalue weighted by Crippen LogP contribution is 2.34. The molecule has 2 atom stereocenters. The second-order valence-corrected chi connectivity index (χ2v) is 6.79. The van der Waals surface area contributed by atoms with Crippen LogP contribution in [0.3, 0.4) is 0 Å². The predicted molar refractivity (Wildman–Crippen MR) is 70.5 cm³/mol. The van der Waals surface area contributed by atoms with Gasteiger partial charge in [0.05, 0.1) is 11.2 Å². The van der Waals surface area contributed by atoms with Gasteiger partial charge in [-0.1, -0.05) is 34.1 Å². The van der Waals surface area contributed by atoms with Gasteiger partial charge >= 0.3 is 0 Å². The Morgan fingerprint density at radius 2 is 2.29 bits per heavy atom. The van der Waals surface area contributed by atoms with Crippen LogP contribution in [0.2, 0.25) is 0 Å². The van der Waals surface area contributed by atoms with E-state index in [0.717, 1.165) is 22.7 Å². The summed E-state index contributed by atoms with van der Waals surface area (Å²) in [6, 6.07) is 0.396. The molecule has 1 heterocycles. The van der Waals surface area contributed by atoms with Crippen molar-refractivity contribution in [1.82, 2.24) is 10.3 Å². The Bertz CT molecular complexity index is 419. The van der Waals surface area contributed by atoms with Crippen molar-refractivity contribution in [2.45, 2.75) is 52.0 Å². The number of thiazole rings is 1. The Hall–Kier alpha value is -0.900.